The maximum Gasteiger partial charge on any atom is 0.148 e. The summed E-state index contributed by atoms with van der Waals surface area (Å²) >= 11 is 6.12. The number of pyridine rings is 1. The SMILES string of the molecule is COc1cc(OC)c(Nc2nccc(C)c2C#N)cc1Cl. The van der Waals surface area contributed by atoms with Gasteiger partial charge in [-0.2, -0.15) is 5.26 Å². The molecule has 0 saturated carbocycles. The first-order chi connectivity index (χ1) is 10.1. The normalized spacial score (nSPS) is 9.86. The van der Waals surface area contributed by atoms with Crippen LogP contribution in [-0.2, 0) is 0 Å². The lowest BCUT2D eigenvalue weighted by Gasteiger charge is -2.14. The minimum absolute atomic E-state index is 0.437. The Labute approximate surface area is 128 Å². The van der Waals surface area contributed by atoms with E-state index in [1.54, 1.807) is 31.5 Å². The monoisotopic (exact) mass is 303 g/mol. The fourth-order valence-electron chi connectivity index (χ4n) is 1.88. The van der Waals surface area contributed by atoms with Gasteiger partial charge in [-0.3, -0.25) is 0 Å². The van der Waals surface area contributed by atoms with Crippen LogP contribution in [0.5, 0.6) is 11.5 Å². The summed E-state index contributed by atoms with van der Waals surface area (Å²) in [6.07, 6.45) is 1.64. The molecule has 0 aliphatic carbocycles. The zero-order chi connectivity index (χ0) is 15.4. The Bertz CT molecular complexity index is 711. The molecule has 0 amide bonds. The van der Waals surface area contributed by atoms with E-state index in [-0.39, 0.29) is 0 Å². The van der Waals surface area contributed by atoms with Gasteiger partial charge in [-0.05, 0) is 24.6 Å². The molecule has 0 fully saturated rings. The minimum Gasteiger partial charge on any atom is -0.495 e. The Morgan fingerprint density at radius 1 is 1.24 bits per heavy atom. The van der Waals surface area contributed by atoms with Gasteiger partial charge in [-0.15, -0.1) is 0 Å². The molecule has 0 bridgehead atoms. The molecule has 0 saturated heterocycles. The van der Waals surface area contributed by atoms with Crippen LogP contribution in [0.3, 0.4) is 0 Å². The average molecular weight is 304 g/mol. The van der Waals surface area contributed by atoms with Gasteiger partial charge in [-0.25, -0.2) is 4.98 Å². The van der Waals surface area contributed by atoms with Crippen LogP contribution in [0.25, 0.3) is 0 Å². The van der Waals surface area contributed by atoms with Gasteiger partial charge in [0.2, 0.25) is 0 Å². The lowest BCUT2D eigenvalue weighted by atomic mass is 10.1. The first kappa shape index (κ1) is 14.9. The molecule has 21 heavy (non-hydrogen) atoms. The van der Waals surface area contributed by atoms with Crippen molar-refractivity contribution >= 4 is 23.1 Å². The Balaban J connectivity index is 2.47. The molecule has 0 spiro atoms. The van der Waals surface area contributed by atoms with E-state index in [1.807, 2.05) is 6.92 Å². The lowest BCUT2D eigenvalue weighted by molar-refractivity contribution is 0.396. The van der Waals surface area contributed by atoms with Crippen molar-refractivity contribution in [3.63, 3.8) is 0 Å². The van der Waals surface area contributed by atoms with E-state index in [4.69, 9.17) is 21.1 Å². The molecule has 0 atom stereocenters. The Hall–Kier alpha value is -2.45. The number of nitrogens with one attached hydrogen (secondary N) is 1. The third-order valence-electron chi connectivity index (χ3n) is 3.00. The van der Waals surface area contributed by atoms with Gasteiger partial charge in [0, 0.05) is 12.3 Å². The highest BCUT2D eigenvalue weighted by Gasteiger charge is 2.13. The predicted octanol–water partition coefficient (Wildman–Crippen LogP) is 3.68. The number of anilines is 2. The van der Waals surface area contributed by atoms with Gasteiger partial charge in [-0.1, -0.05) is 11.6 Å². The largest absolute Gasteiger partial charge is 0.495 e. The fourth-order valence-corrected chi connectivity index (χ4v) is 2.12. The quantitative estimate of drug-likeness (QED) is 0.933. The number of aryl methyl sites for hydroxylation is 1. The second-order valence-corrected chi connectivity index (χ2v) is 4.68. The molecule has 0 aliphatic heterocycles. The molecule has 2 aromatic rings. The van der Waals surface area contributed by atoms with Crippen molar-refractivity contribution in [2.75, 3.05) is 19.5 Å². The number of hydrogen-bond acceptors (Lipinski definition) is 5. The van der Waals surface area contributed by atoms with Crippen LogP contribution in [0, 0.1) is 18.3 Å². The molecule has 5 nitrogen and oxygen atoms in total. The van der Waals surface area contributed by atoms with E-state index >= 15 is 0 Å². The van der Waals surface area contributed by atoms with Crippen molar-refractivity contribution in [1.82, 2.24) is 4.98 Å². The van der Waals surface area contributed by atoms with Crippen molar-refractivity contribution < 1.29 is 9.47 Å². The van der Waals surface area contributed by atoms with Crippen molar-refractivity contribution in [3.8, 4) is 17.6 Å². The standard InChI is InChI=1S/C15H14ClN3O2/c1-9-4-5-18-15(10(9)8-17)19-12-6-11(16)13(20-2)7-14(12)21-3/h4-7H,1-3H3,(H,18,19). The number of hydrogen-bond donors (Lipinski definition) is 1. The number of methoxy groups -OCH3 is 2. The maximum atomic E-state index is 9.23. The summed E-state index contributed by atoms with van der Waals surface area (Å²) in [4.78, 5) is 4.19. The fraction of sp³-hybridized carbons (Fsp3) is 0.200. The second kappa shape index (κ2) is 6.33. The molecular formula is C15H14ClN3O2. The summed E-state index contributed by atoms with van der Waals surface area (Å²) in [5.41, 5.74) is 1.93. The average Bonchev–Trinajstić information content (AvgIpc) is 2.48. The number of nitriles is 1. The third kappa shape index (κ3) is 3.01. The van der Waals surface area contributed by atoms with Crippen LogP contribution in [0.15, 0.2) is 24.4 Å². The molecule has 1 aromatic heterocycles. The summed E-state index contributed by atoms with van der Waals surface area (Å²) < 4.78 is 10.5. The molecule has 2 rings (SSSR count). The van der Waals surface area contributed by atoms with E-state index in [0.29, 0.717) is 33.6 Å². The van der Waals surface area contributed by atoms with Crippen LogP contribution in [0.2, 0.25) is 5.02 Å². The second-order valence-electron chi connectivity index (χ2n) is 4.28. The van der Waals surface area contributed by atoms with Crippen LogP contribution < -0.4 is 14.8 Å². The molecule has 1 N–H and O–H groups in total. The van der Waals surface area contributed by atoms with E-state index < -0.39 is 0 Å². The van der Waals surface area contributed by atoms with Gasteiger partial charge in [0.1, 0.15) is 23.4 Å². The summed E-state index contributed by atoms with van der Waals surface area (Å²) in [5, 5.41) is 12.7. The molecule has 0 aliphatic rings. The smallest absolute Gasteiger partial charge is 0.148 e. The van der Waals surface area contributed by atoms with Crippen molar-refractivity contribution in [2.24, 2.45) is 0 Å². The summed E-state index contributed by atoms with van der Waals surface area (Å²) in [6.45, 7) is 1.85. The van der Waals surface area contributed by atoms with Crippen molar-refractivity contribution in [1.29, 1.82) is 5.26 Å². The first-order valence-electron chi connectivity index (χ1n) is 6.15. The minimum atomic E-state index is 0.437. The Morgan fingerprint density at radius 3 is 2.57 bits per heavy atom. The molecule has 0 unspecified atom stereocenters. The zero-order valence-corrected chi connectivity index (χ0v) is 12.7. The Kier molecular flexibility index (Phi) is 4.51. The Morgan fingerprint density at radius 2 is 1.95 bits per heavy atom. The van der Waals surface area contributed by atoms with Crippen LogP contribution in [0.1, 0.15) is 11.1 Å². The highest BCUT2D eigenvalue weighted by atomic mass is 35.5. The van der Waals surface area contributed by atoms with E-state index in [2.05, 4.69) is 16.4 Å². The highest BCUT2D eigenvalue weighted by Crippen LogP contribution is 2.37. The summed E-state index contributed by atoms with van der Waals surface area (Å²) in [5.74, 6) is 1.51. The van der Waals surface area contributed by atoms with Crippen molar-refractivity contribution in [3.05, 3.63) is 40.5 Å². The van der Waals surface area contributed by atoms with Gasteiger partial charge in [0.25, 0.3) is 0 Å². The number of nitrogens with zero attached hydrogens (tertiary/aromatic N) is 2. The van der Waals surface area contributed by atoms with Gasteiger partial charge < -0.3 is 14.8 Å². The molecule has 108 valence electrons. The first-order valence-corrected chi connectivity index (χ1v) is 6.52. The van der Waals surface area contributed by atoms with E-state index in [1.165, 1.54) is 7.11 Å². The van der Waals surface area contributed by atoms with Gasteiger partial charge in [0.05, 0.1) is 30.5 Å². The topological polar surface area (TPSA) is 67.2 Å². The van der Waals surface area contributed by atoms with Crippen LogP contribution >= 0.6 is 11.6 Å². The number of aromatic nitrogens is 1. The summed E-state index contributed by atoms with van der Waals surface area (Å²) in [6, 6.07) is 7.26. The van der Waals surface area contributed by atoms with Gasteiger partial charge >= 0.3 is 0 Å². The number of ether oxygens (including phenoxy) is 2. The number of benzene rings is 1. The molecular weight excluding hydrogens is 290 g/mol. The summed E-state index contributed by atoms with van der Waals surface area (Å²) in [7, 11) is 3.08. The highest BCUT2D eigenvalue weighted by molar-refractivity contribution is 6.32. The van der Waals surface area contributed by atoms with E-state index in [9.17, 15) is 5.26 Å². The third-order valence-corrected chi connectivity index (χ3v) is 3.29. The zero-order valence-electron chi connectivity index (χ0n) is 11.9. The van der Waals surface area contributed by atoms with Crippen LogP contribution in [-0.4, -0.2) is 19.2 Å². The van der Waals surface area contributed by atoms with E-state index in [0.717, 1.165) is 5.56 Å². The lowest BCUT2D eigenvalue weighted by Crippen LogP contribution is -2.01. The molecule has 1 heterocycles. The molecule has 1 aromatic carbocycles. The number of rotatable bonds is 4. The molecule has 6 heteroatoms. The predicted molar refractivity (Wildman–Crippen MR) is 81.5 cm³/mol. The van der Waals surface area contributed by atoms with Crippen LogP contribution in [0.4, 0.5) is 11.5 Å². The van der Waals surface area contributed by atoms with Gasteiger partial charge in [0.15, 0.2) is 0 Å². The number of halogens is 1. The molecule has 0 radical (unpaired) electrons. The van der Waals surface area contributed by atoms with Crippen molar-refractivity contribution in [2.45, 2.75) is 6.92 Å². The maximum absolute atomic E-state index is 9.23.